The van der Waals surface area contributed by atoms with Crippen molar-refractivity contribution in [3.05, 3.63) is 24.3 Å². The van der Waals surface area contributed by atoms with Crippen molar-refractivity contribution in [2.75, 3.05) is 24.6 Å². The smallest absolute Gasteiger partial charge is 0.214 e. The summed E-state index contributed by atoms with van der Waals surface area (Å²) in [4.78, 5) is 0. The van der Waals surface area contributed by atoms with Gasteiger partial charge in [0.1, 0.15) is 12.4 Å². The largest absolute Gasteiger partial charge is 0.492 e. The molecule has 5 nitrogen and oxygen atoms in total. The fourth-order valence-corrected chi connectivity index (χ4v) is 3.62. The van der Waals surface area contributed by atoms with E-state index in [1.807, 2.05) is 0 Å². The van der Waals surface area contributed by atoms with Crippen molar-refractivity contribution in [2.24, 2.45) is 11.8 Å². The summed E-state index contributed by atoms with van der Waals surface area (Å²) in [5.74, 6) is 1.63. The first-order valence-corrected chi connectivity index (χ1v) is 9.07. The van der Waals surface area contributed by atoms with Gasteiger partial charge in [-0.1, -0.05) is 25.8 Å². The molecule has 2 atom stereocenters. The molecule has 1 aromatic rings. The number of sulfonamides is 1. The second-order valence-electron chi connectivity index (χ2n) is 5.76. The fraction of sp³-hybridized carbons (Fsp3) is 0.600. The molecule has 0 saturated heterocycles. The second-order valence-corrected chi connectivity index (χ2v) is 7.68. The molecule has 2 rings (SSSR count). The molecule has 0 aromatic heterocycles. The van der Waals surface area contributed by atoms with Gasteiger partial charge in [-0.25, -0.2) is 13.1 Å². The molecule has 0 spiro atoms. The predicted octanol–water partition coefficient (Wildman–Crippen LogP) is 2.00. The van der Waals surface area contributed by atoms with Crippen LogP contribution in [0.3, 0.4) is 0 Å². The number of nitrogens with two attached hydrogens (primary N) is 1. The van der Waals surface area contributed by atoms with Gasteiger partial charge in [0.2, 0.25) is 10.0 Å². The van der Waals surface area contributed by atoms with E-state index in [4.69, 9.17) is 10.5 Å². The summed E-state index contributed by atoms with van der Waals surface area (Å²) in [6, 6.07) is 6.98. The van der Waals surface area contributed by atoms with Gasteiger partial charge in [-0.15, -0.1) is 0 Å². The maximum absolute atomic E-state index is 11.9. The monoisotopic (exact) mass is 312 g/mol. The third-order valence-electron chi connectivity index (χ3n) is 4.08. The molecule has 2 unspecified atom stereocenters. The Bertz CT molecular complexity index is 560. The van der Waals surface area contributed by atoms with Crippen molar-refractivity contribution in [3.63, 3.8) is 0 Å². The molecule has 1 aliphatic carbocycles. The van der Waals surface area contributed by atoms with E-state index in [0.29, 0.717) is 29.8 Å². The number of benzene rings is 1. The molecule has 3 N–H and O–H groups in total. The van der Waals surface area contributed by atoms with Gasteiger partial charge in [0, 0.05) is 18.3 Å². The average Bonchev–Trinajstić information content (AvgIpc) is 2.82. The van der Waals surface area contributed by atoms with E-state index in [-0.39, 0.29) is 12.4 Å². The first-order chi connectivity index (χ1) is 9.96. The number of hydrogen-bond acceptors (Lipinski definition) is 4. The van der Waals surface area contributed by atoms with Crippen LogP contribution in [0.1, 0.15) is 26.2 Å². The van der Waals surface area contributed by atoms with Crippen LogP contribution in [0, 0.1) is 11.8 Å². The Labute approximate surface area is 126 Å². The fourth-order valence-electron chi connectivity index (χ4n) is 2.71. The van der Waals surface area contributed by atoms with Gasteiger partial charge in [-0.2, -0.15) is 0 Å². The Balaban J connectivity index is 1.73. The molecular weight excluding hydrogens is 288 g/mol. The summed E-state index contributed by atoms with van der Waals surface area (Å²) >= 11 is 0. The van der Waals surface area contributed by atoms with Gasteiger partial charge in [0.05, 0.1) is 5.75 Å². The van der Waals surface area contributed by atoms with E-state index < -0.39 is 10.0 Å². The Morgan fingerprint density at radius 2 is 2.19 bits per heavy atom. The topological polar surface area (TPSA) is 81.4 Å². The van der Waals surface area contributed by atoms with Crippen LogP contribution in [0.25, 0.3) is 0 Å². The van der Waals surface area contributed by atoms with Gasteiger partial charge in [0.25, 0.3) is 0 Å². The number of rotatable bonds is 7. The zero-order chi connectivity index (χ0) is 15.3. The maximum Gasteiger partial charge on any atom is 0.214 e. The highest BCUT2D eigenvalue weighted by atomic mass is 32.2. The molecule has 1 saturated carbocycles. The Morgan fingerprint density at radius 1 is 1.38 bits per heavy atom. The van der Waals surface area contributed by atoms with Crippen molar-refractivity contribution >= 4 is 15.7 Å². The normalized spacial score (nSPS) is 22.3. The van der Waals surface area contributed by atoms with Gasteiger partial charge in [0.15, 0.2) is 0 Å². The first-order valence-electron chi connectivity index (χ1n) is 7.42. The minimum Gasteiger partial charge on any atom is -0.492 e. The molecule has 6 heteroatoms. The van der Waals surface area contributed by atoms with E-state index in [0.717, 1.165) is 6.42 Å². The highest BCUT2D eigenvalue weighted by Crippen LogP contribution is 2.30. The van der Waals surface area contributed by atoms with E-state index in [9.17, 15) is 8.42 Å². The zero-order valence-electron chi connectivity index (χ0n) is 12.4. The Morgan fingerprint density at radius 3 is 2.86 bits per heavy atom. The third-order valence-corrected chi connectivity index (χ3v) is 5.39. The van der Waals surface area contributed by atoms with Crippen LogP contribution >= 0.6 is 0 Å². The lowest BCUT2D eigenvalue weighted by Gasteiger charge is -2.16. The minimum absolute atomic E-state index is 0.0388. The van der Waals surface area contributed by atoms with E-state index >= 15 is 0 Å². The quantitative estimate of drug-likeness (QED) is 0.755. The van der Waals surface area contributed by atoms with Crippen LogP contribution in [0.5, 0.6) is 5.75 Å². The van der Waals surface area contributed by atoms with E-state index in [1.165, 1.54) is 12.8 Å². The summed E-state index contributed by atoms with van der Waals surface area (Å²) in [7, 11) is -3.28. The number of hydrogen-bond donors (Lipinski definition) is 2. The highest BCUT2D eigenvalue weighted by molar-refractivity contribution is 7.89. The highest BCUT2D eigenvalue weighted by Gasteiger charge is 2.24. The number of ether oxygens (including phenoxy) is 1. The van der Waals surface area contributed by atoms with Crippen molar-refractivity contribution < 1.29 is 13.2 Å². The van der Waals surface area contributed by atoms with Gasteiger partial charge in [-0.3, -0.25) is 0 Å². The van der Waals surface area contributed by atoms with Crippen LogP contribution in [-0.4, -0.2) is 27.3 Å². The Hall–Kier alpha value is -1.27. The summed E-state index contributed by atoms with van der Waals surface area (Å²) < 4.78 is 32.0. The number of nitrogens with one attached hydrogen (secondary N) is 1. The first kappa shape index (κ1) is 16.1. The summed E-state index contributed by atoms with van der Waals surface area (Å²) in [5, 5.41) is 0. The van der Waals surface area contributed by atoms with Crippen molar-refractivity contribution in [1.82, 2.24) is 4.72 Å². The van der Waals surface area contributed by atoms with Crippen molar-refractivity contribution in [1.29, 1.82) is 0 Å². The molecule has 0 bridgehead atoms. The van der Waals surface area contributed by atoms with Crippen LogP contribution in [-0.2, 0) is 10.0 Å². The maximum atomic E-state index is 11.9. The van der Waals surface area contributed by atoms with Crippen LogP contribution in [0.15, 0.2) is 24.3 Å². The lowest BCUT2D eigenvalue weighted by molar-refractivity contribution is 0.340. The molecule has 0 radical (unpaired) electrons. The standard InChI is InChI=1S/C15H24N2O3S/c1-12-4-2-5-13(12)11-17-21(18,19)9-8-20-15-7-3-6-14(16)10-15/h3,6-7,10,12-13,17H,2,4-5,8-9,11,16H2,1H3. The molecule has 0 amide bonds. The van der Waals surface area contributed by atoms with Crippen molar-refractivity contribution in [2.45, 2.75) is 26.2 Å². The summed E-state index contributed by atoms with van der Waals surface area (Å²) in [6.45, 7) is 2.86. The molecule has 1 aromatic carbocycles. The van der Waals surface area contributed by atoms with Gasteiger partial charge < -0.3 is 10.5 Å². The van der Waals surface area contributed by atoms with E-state index in [1.54, 1.807) is 24.3 Å². The van der Waals surface area contributed by atoms with E-state index in [2.05, 4.69) is 11.6 Å². The molecule has 118 valence electrons. The van der Waals surface area contributed by atoms with Crippen LogP contribution < -0.4 is 15.2 Å². The number of anilines is 1. The zero-order valence-corrected chi connectivity index (χ0v) is 13.2. The molecule has 1 aliphatic rings. The molecule has 0 aliphatic heterocycles. The molecule has 1 fully saturated rings. The van der Waals surface area contributed by atoms with Gasteiger partial charge >= 0.3 is 0 Å². The third kappa shape index (κ3) is 5.21. The molecule has 0 heterocycles. The van der Waals surface area contributed by atoms with Crippen molar-refractivity contribution in [3.8, 4) is 5.75 Å². The van der Waals surface area contributed by atoms with Gasteiger partial charge in [-0.05, 0) is 30.4 Å². The second kappa shape index (κ2) is 7.13. The summed E-state index contributed by atoms with van der Waals surface area (Å²) in [6.07, 6.45) is 3.51. The van der Waals surface area contributed by atoms with Crippen LogP contribution in [0.2, 0.25) is 0 Å². The molecule has 21 heavy (non-hydrogen) atoms. The average molecular weight is 312 g/mol. The minimum atomic E-state index is -3.28. The molecular formula is C15H24N2O3S. The lowest BCUT2D eigenvalue weighted by atomic mass is 9.99. The number of nitrogen functional groups attached to an aromatic ring is 1. The summed E-state index contributed by atoms with van der Waals surface area (Å²) in [5.41, 5.74) is 6.24. The lowest BCUT2D eigenvalue weighted by Crippen LogP contribution is -2.33. The Kier molecular flexibility index (Phi) is 5.47. The predicted molar refractivity (Wildman–Crippen MR) is 84.6 cm³/mol. The van der Waals surface area contributed by atoms with Crippen LogP contribution in [0.4, 0.5) is 5.69 Å². The SMILES string of the molecule is CC1CCCC1CNS(=O)(=O)CCOc1cccc(N)c1.